The third-order valence-corrected chi connectivity index (χ3v) is 8.99. The van der Waals surface area contributed by atoms with E-state index >= 15 is 0 Å². The minimum atomic E-state index is -1.02. The van der Waals surface area contributed by atoms with Crippen molar-refractivity contribution in [3.8, 4) is 17.0 Å². The number of carbonyl (C=O) groups is 1. The van der Waals surface area contributed by atoms with Gasteiger partial charge in [-0.2, -0.15) is 0 Å². The second-order valence-corrected chi connectivity index (χ2v) is 11.7. The van der Waals surface area contributed by atoms with E-state index in [1.807, 2.05) is 47.4 Å². The highest BCUT2D eigenvalue weighted by Gasteiger charge is 2.42. The quantitative estimate of drug-likeness (QED) is 0.229. The Kier molecular flexibility index (Phi) is 14.0. The van der Waals surface area contributed by atoms with Crippen LogP contribution in [0.1, 0.15) is 68.2 Å². The highest BCUT2D eigenvalue weighted by atomic mass is 35.5. The summed E-state index contributed by atoms with van der Waals surface area (Å²) < 4.78 is 11.6. The molecule has 2 aliphatic rings. The Bertz CT molecular complexity index is 1340. The molecule has 5 rings (SSSR count). The van der Waals surface area contributed by atoms with Crippen LogP contribution in [0.5, 0.6) is 5.75 Å². The summed E-state index contributed by atoms with van der Waals surface area (Å²) in [6.45, 7) is 8.96. The van der Waals surface area contributed by atoms with Gasteiger partial charge in [0.25, 0.3) is 5.91 Å². The number of amides is 1. The largest absolute Gasteiger partial charge is 0.493 e. The van der Waals surface area contributed by atoms with E-state index in [4.69, 9.17) is 14.5 Å². The average molecular weight is 663 g/mol. The Morgan fingerprint density at radius 3 is 2.62 bits per heavy atom. The number of aromatic nitrogens is 2. The molecule has 0 radical (unpaired) electrons. The smallest absolute Gasteiger partial charge is 0.272 e. The van der Waals surface area contributed by atoms with Crippen molar-refractivity contribution in [2.24, 2.45) is 0 Å². The molecule has 1 aromatic heterocycles. The molecular weight excluding hydrogens is 613 g/mol. The molecule has 1 saturated carbocycles. The molecule has 248 valence electrons. The fraction of sp³-hybridized carbons (Fsp3) is 0.529. The number of carbonyl (C=O) groups excluding carboxylic acids is 1. The average Bonchev–Trinajstić information content (AvgIpc) is 3.48. The van der Waals surface area contributed by atoms with Crippen LogP contribution in [0.2, 0.25) is 0 Å². The molecule has 1 aliphatic heterocycles. The number of aromatic amines is 1. The van der Waals surface area contributed by atoms with Crippen LogP contribution in [-0.4, -0.2) is 90.6 Å². The van der Waals surface area contributed by atoms with Gasteiger partial charge in [-0.3, -0.25) is 4.79 Å². The molecule has 9 nitrogen and oxygen atoms in total. The van der Waals surface area contributed by atoms with E-state index in [1.165, 1.54) is 0 Å². The summed E-state index contributed by atoms with van der Waals surface area (Å²) in [5, 5.41) is 15.0. The number of imidazole rings is 1. The van der Waals surface area contributed by atoms with Crippen molar-refractivity contribution >= 4 is 36.4 Å². The zero-order valence-corrected chi connectivity index (χ0v) is 28.3. The van der Waals surface area contributed by atoms with Gasteiger partial charge in [0, 0.05) is 75.5 Å². The number of H-pyrrole nitrogens is 1. The van der Waals surface area contributed by atoms with Crippen LogP contribution in [0.4, 0.5) is 5.69 Å². The maximum Gasteiger partial charge on any atom is 0.272 e. The van der Waals surface area contributed by atoms with E-state index < -0.39 is 5.60 Å². The summed E-state index contributed by atoms with van der Waals surface area (Å²) in [5.41, 5.74) is 2.12. The van der Waals surface area contributed by atoms with E-state index in [1.54, 1.807) is 7.11 Å². The lowest BCUT2D eigenvalue weighted by molar-refractivity contribution is -0.0732. The Balaban J connectivity index is 0.00000276. The number of nitrogens with one attached hydrogen (secondary N) is 2. The molecule has 1 aliphatic carbocycles. The number of halogens is 2. The molecular formula is C34H49Cl2N5O4. The van der Waals surface area contributed by atoms with Crippen LogP contribution in [0.3, 0.4) is 0 Å². The van der Waals surface area contributed by atoms with Gasteiger partial charge in [-0.25, -0.2) is 4.98 Å². The first kappa shape index (κ1) is 36.6. The predicted octanol–water partition coefficient (Wildman–Crippen LogP) is 5.68. The zero-order valence-electron chi connectivity index (χ0n) is 26.7. The van der Waals surface area contributed by atoms with Crippen molar-refractivity contribution in [2.75, 3.05) is 57.9 Å². The van der Waals surface area contributed by atoms with Crippen LogP contribution in [0.15, 0.2) is 54.6 Å². The number of aliphatic hydroxyl groups is 1. The van der Waals surface area contributed by atoms with E-state index in [-0.39, 0.29) is 49.3 Å². The first-order chi connectivity index (χ1) is 21.0. The van der Waals surface area contributed by atoms with Crippen LogP contribution >= 0.6 is 24.8 Å². The number of piperazine rings is 1. The van der Waals surface area contributed by atoms with Crippen molar-refractivity contribution < 1.29 is 19.4 Å². The number of anilines is 1. The topological polar surface area (TPSA) is 103 Å². The molecule has 2 fully saturated rings. The summed E-state index contributed by atoms with van der Waals surface area (Å²) in [6.07, 6.45) is 4.08. The van der Waals surface area contributed by atoms with Crippen LogP contribution in [0, 0.1) is 0 Å². The third-order valence-electron chi connectivity index (χ3n) is 8.99. The summed E-state index contributed by atoms with van der Waals surface area (Å²) in [4.78, 5) is 27.0. The molecule has 1 saturated heterocycles. The molecule has 0 unspecified atom stereocenters. The maximum absolute atomic E-state index is 14.3. The normalized spacial score (nSPS) is 21.4. The molecule has 0 bridgehead atoms. The summed E-state index contributed by atoms with van der Waals surface area (Å²) in [5.74, 6) is 1.19. The molecule has 2 aromatic carbocycles. The fourth-order valence-corrected chi connectivity index (χ4v) is 6.65. The summed E-state index contributed by atoms with van der Waals surface area (Å²) in [6, 6.07) is 18.0. The van der Waals surface area contributed by atoms with Gasteiger partial charge in [-0.15, -0.1) is 24.8 Å². The van der Waals surface area contributed by atoms with Gasteiger partial charge in [0.1, 0.15) is 23.0 Å². The Morgan fingerprint density at radius 2 is 1.89 bits per heavy atom. The number of rotatable bonds is 12. The van der Waals surface area contributed by atoms with Gasteiger partial charge >= 0.3 is 0 Å². The summed E-state index contributed by atoms with van der Waals surface area (Å²) >= 11 is 0. The number of hydrogen-bond donors (Lipinski definition) is 3. The molecule has 3 N–H and O–H groups in total. The number of ether oxygens (including phenoxy) is 2. The van der Waals surface area contributed by atoms with Gasteiger partial charge < -0.3 is 34.7 Å². The third kappa shape index (κ3) is 8.51. The standard InChI is InChI=1S/C34H47N5O4.2ClH/c1-4-38(5-2)26-14-11-15-28(22-26)43-21-17-27-23-35-19-20-39(27)33(40)31-30(25-12-7-6-8-13-25)36-32(37-31)29-16-9-10-18-34(29,41)24-42-3;;/h6-8,11-15,22,27,29,35,41H,4-5,9-10,16-21,23-24H2,1-3H3,(H,36,37);2*1H/t27-,29-,34-;;/m1../s1. The number of hydrogen-bond acceptors (Lipinski definition) is 7. The lowest BCUT2D eigenvalue weighted by Crippen LogP contribution is -2.54. The second kappa shape index (κ2) is 17.2. The lowest BCUT2D eigenvalue weighted by atomic mass is 9.75. The first-order valence-corrected chi connectivity index (χ1v) is 15.8. The van der Waals surface area contributed by atoms with Gasteiger partial charge in [0.05, 0.1) is 18.8 Å². The molecule has 0 spiro atoms. The van der Waals surface area contributed by atoms with Gasteiger partial charge in [-0.1, -0.05) is 49.2 Å². The van der Waals surface area contributed by atoms with E-state index in [0.29, 0.717) is 49.8 Å². The van der Waals surface area contributed by atoms with E-state index in [0.717, 1.165) is 55.9 Å². The molecule has 3 aromatic rings. The number of nitrogens with zero attached hydrogens (tertiary/aromatic N) is 3. The van der Waals surface area contributed by atoms with Gasteiger partial charge in [0.15, 0.2) is 0 Å². The van der Waals surface area contributed by atoms with Gasteiger partial charge in [-0.05, 0) is 38.8 Å². The number of benzene rings is 2. The molecule has 11 heteroatoms. The van der Waals surface area contributed by atoms with Crippen molar-refractivity contribution in [3.63, 3.8) is 0 Å². The maximum atomic E-state index is 14.3. The van der Waals surface area contributed by atoms with Crippen LogP contribution in [-0.2, 0) is 4.74 Å². The molecule has 2 heterocycles. The van der Waals surface area contributed by atoms with Gasteiger partial charge in [0.2, 0.25) is 0 Å². The monoisotopic (exact) mass is 661 g/mol. The van der Waals surface area contributed by atoms with Crippen molar-refractivity contribution in [1.29, 1.82) is 0 Å². The predicted molar refractivity (Wildman–Crippen MR) is 184 cm³/mol. The molecule has 45 heavy (non-hydrogen) atoms. The minimum Gasteiger partial charge on any atom is -0.493 e. The number of methoxy groups -OCH3 is 1. The Morgan fingerprint density at radius 1 is 1.11 bits per heavy atom. The highest BCUT2D eigenvalue weighted by molar-refractivity contribution is 5.98. The lowest BCUT2D eigenvalue weighted by Gasteiger charge is -2.38. The van der Waals surface area contributed by atoms with Crippen molar-refractivity contribution in [3.05, 3.63) is 66.1 Å². The van der Waals surface area contributed by atoms with Crippen LogP contribution < -0.4 is 15.0 Å². The Hall–Kier alpha value is -2.82. The fourth-order valence-electron chi connectivity index (χ4n) is 6.65. The van der Waals surface area contributed by atoms with Crippen molar-refractivity contribution in [1.82, 2.24) is 20.2 Å². The zero-order chi connectivity index (χ0) is 30.2. The minimum absolute atomic E-state index is 0. The first-order valence-electron chi connectivity index (χ1n) is 15.8. The second-order valence-electron chi connectivity index (χ2n) is 11.7. The van der Waals surface area contributed by atoms with Crippen molar-refractivity contribution in [2.45, 2.75) is 63.5 Å². The molecule has 3 atom stereocenters. The Labute approximate surface area is 279 Å². The van der Waals surface area contributed by atoms with E-state index in [9.17, 15) is 9.90 Å². The highest BCUT2D eigenvalue weighted by Crippen LogP contribution is 2.41. The van der Waals surface area contributed by atoms with Crippen LogP contribution in [0.25, 0.3) is 11.3 Å². The SMILES string of the molecule is CCN(CC)c1cccc(OCC[C@@H]2CNCCN2C(=O)c2[nH]c([C@H]3CCCC[C@@]3(O)COC)nc2-c2ccccc2)c1.Cl.Cl. The van der Waals surface area contributed by atoms with E-state index in [2.05, 4.69) is 41.2 Å². The summed E-state index contributed by atoms with van der Waals surface area (Å²) in [7, 11) is 1.62. The molecule has 1 amide bonds.